The Morgan fingerprint density at radius 3 is 2.76 bits per heavy atom. The van der Waals surface area contributed by atoms with E-state index < -0.39 is 0 Å². The van der Waals surface area contributed by atoms with E-state index in [1.165, 1.54) is 6.26 Å². The minimum absolute atomic E-state index is 0.350. The van der Waals surface area contributed by atoms with E-state index in [1.807, 2.05) is 0 Å². The highest BCUT2D eigenvalue weighted by molar-refractivity contribution is 7.80. The lowest BCUT2D eigenvalue weighted by Gasteiger charge is -2.09. The van der Waals surface area contributed by atoms with Gasteiger partial charge in [0.15, 0.2) is 10.9 Å². The van der Waals surface area contributed by atoms with Crippen LogP contribution in [-0.4, -0.2) is 10.3 Å². The van der Waals surface area contributed by atoms with Crippen LogP contribution >= 0.6 is 35.4 Å². The lowest BCUT2D eigenvalue weighted by molar-refractivity contribution is 0.423. The van der Waals surface area contributed by atoms with Gasteiger partial charge in [0.05, 0.1) is 10.7 Å². The van der Waals surface area contributed by atoms with Crippen LogP contribution in [0.5, 0.6) is 0 Å². The maximum Gasteiger partial charge on any atom is 0.176 e. The van der Waals surface area contributed by atoms with Crippen LogP contribution in [-0.2, 0) is 0 Å². The minimum Gasteiger partial charge on any atom is -0.363 e. The van der Waals surface area contributed by atoms with E-state index in [0.29, 0.717) is 26.7 Å². The number of thiocarbonyl (C=S) groups is 1. The zero-order valence-electron chi connectivity index (χ0n) is 8.41. The molecule has 0 aliphatic carbocycles. The lowest BCUT2D eigenvalue weighted by Crippen LogP contribution is -2.19. The van der Waals surface area contributed by atoms with E-state index in [1.54, 1.807) is 24.3 Å². The highest BCUT2D eigenvalue weighted by Gasteiger charge is 2.05. The van der Waals surface area contributed by atoms with Crippen LogP contribution in [0.2, 0.25) is 10.0 Å². The summed E-state index contributed by atoms with van der Waals surface area (Å²) in [6, 6.07) is 6.71. The third-order valence-corrected chi connectivity index (χ3v) is 2.62. The van der Waals surface area contributed by atoms with Crippen LogP contribution in [0.3, 0.4) is 0 Å². The Hall–Kier alpha value is -1.30. The van der Waals surface area contributed by atoms with Gasteiger partial charge in [-0.1, -0.05) is 28.4 Å². The van der Waals surface area contributed by atoms with E-state index in [0.717, 1.165) is 0 Å². The summed E-state index contributed by atoms with van der Waals surface area (Å²) in [5.41, 5.74) is 0.625. The van der Waals surface area contributed by atoms with E-state index in [4.69, 9.17) is 35.4 Å². The largest absolute Gasteiger partial charge is 0.363 e. The van der Waals surface area contributed by atoms with Gasteiger partial charge in [-0.3, -0.25) is 0 Å². The van der Waals surface area contributed by atoms with Crippen molar-refractivity contribution in [2.45, 2.75) is 0 Å². The average molecular weight is 288 g/mol. The van der Waals surface area contributed by atoms with Gasteiger partial charge in [-0.05, 0) is 30.4 Å². The van der Waals surface area contributed by atoms with Crippen molar-refractivity contribution in [2.75, 3.05) is 10.6 Å². The third-order valence-electron chi connectivity index (χ3n) is 1.86. The second-order valence-corrected chi connectivity index (χ2v) is 4.34. The van der Waals surface area contributed by atoms with Gasteiger partial charge >= 0.3 is 0 Å². The molecular formula is C10H7Cl2N3OS. The molecule has 0 spiro atoms. The molecule has 7 heteroatoms. The topological polar surface area (TPSA) is 50.1 Å². The number of nitrogens with zero attached hydrogens (tertiary/aromatic N) is 1. The van der Waals surface area contributed by atoms with Crippen molar-refractivity contribution in [1.29, 1.82) is 0 Å². The summed E-state index contributed by atoms with van der Waals surface area (Å²) in [6.07, 6.45) is 1.44. The van der Waals surface area contributed by atoms with E-state index >= 15 is 0 Å². The Bertz CT molecular complexity index is 530. The second-order valence-electron chi connectivity index (χ2n) is 3.09. The molecule has 0 aliphatic rings. The van der Waals surface area contributed by atoms with Crippen LogP contribution < -0.4 is 10.6 Å². The van der Waals surface area contributed by atoms with Crippen LogP contribution in [0.1, 0.15) is 0 Å². The molecule has 2 N–H and O–H groups in total. The number of halogens is 2. The molecule has 2 aromatic rings. The van der Waals surface area contributed by atoms with Gasteiger partial charge < -0.3 is 15.2 Å². The number of anilines is 2. The first-order chi connectivity index (χ1) is 8.15. The van der Waals surface area contributed by atoms with Crippen molar-refractivity contribution in [3.8, 4) is 0 Å². The Balaban J connectivity index is 2.05. The number of hydrogen-bond donors (Lipinski definition) is 2. The van der Waals surface area contributed by atoms with E-state index in [9.17, 15) is 0 Å². The number of aromatic nitrogens is 1. The molecule has 1 heterocycles. The average Bonchev–Trinajstić information content (AvgIpc) is 2.76. The highest BCUT2D eigenvalue weighted by Crippen LogP contribution is 2.25. The molecule has 0 bridgehead atoms. The number of rotatable bonds is 2. The monoisotopic (exact) mass is 287 g/mol. The maximum atomic E-state index is 5.98. The molecular weight excluding hydrogens is 281 g/mol. The van der Waals surface area contributed by atoms with Crippen molar-refractivity contribution < 1.29 is 4.52 Å². The van der Waals surface area contributed by atoms with Gasteiger partial charge in [-0.15, -0.1) is 0 Å². The number of hydrogen-bond acceptors (Lipinski definition) is 3. The fourth-order valence-corrected chi connectivity index (χ4v) is 1.69. The van der Waals surface area contributed by atoms with Gasteiger partial charge in [0.2, 0.25) is 0 Å². The standard InChI is InChI=1S/C10H7Cl2N3OS/c11-6-1-2-7(12)8(5-6)13-10(17)14-9-3-4-16-15-9/h1-5H,(H2,13,14,15,17). The molecule has 0 amide bonds. The van der Waals surface area contributed by atoms with Gasteiger partial charge in [-0.25, -0.2) is 0 Å². The molecule has 4 nitrogen and oxygen atoms in total. The predicted molar refractivity (Wildman–Crippen MR) is 72.8 cm³/mol. The van der Waals surface area contributed by atoms with Gasteiger partial charge in [0.25, 0.3) is 0 Å². The van der Waals surface area contributed by atoms with Gasteiger partial charge in [-0.2, -0.15) is 0 Å². The summed E-state index contributed by atoms with van der Waals surface area (Å²) < 4.78 is 4.66. The lowest BCUT2D eigenvalue weighted by atomic mass is 10.3. The molecule has 1 aromatic heterocycles. The Labute approximate surface area is 113 Å². The predicted octanol–water partition coefficient (Wildman–Crippen LogP) is 3.79. The SMILES string of the molecule is S=C(Nc1ccon1)Nc1cc(Cl)ccc1Cl. The zero-order chi connectivity index (χ0) is 12.3. The summed E-state index contributed by atoms with van der Waals surface area (Å²) >= 11 is 16.9. The molecule has 2 rings (SSSR count). The van der Waals surface area contributed by atoms with Crippen LogP contribution in [0, 0.1) is 0 Å². The zero-order valence-corrected chi connectivity index (χ0v) is 10.7. The quantitative estimate of drug-likeness (QED) is 0.823. The molecule has 0 unspecified atom stereocenters. The minimum atomic E-state index is 0.350. The number of benzene rings is 1. The Morgan fingerprint density at radius 2 is 2.06 bits per heavy atom. The van der Waals surface area contributed by atoms with Crippen LogP contribution in [0.25, 0.3) is 0 Å². The van der Waals surface area contributed by atoms with Crippen molar-refractivity contribution in [3.63, 3.8) is 0 Å². The summed E-state index contributed by atoms with van der Waals surface area (Å²) in [5, 5.41) is 10.9. The first-order valence-corrected chi connectivity index (χ1v) is 5.75. The van der Waals surface area contributed by atoms with E-state index in [2.05, 4.69) is 20.3 Å². The summed E-state index contributed by atoms with van der Waals surface area (Å²) in [4.78, 5) is 0. The Morgan fingerprint density at radius 1 is 1.24 bits per heavy atom. The molecule has 17 heavy (non-hydrogen) atoms. The van der Waals surface area contributed by atoms with Crippen molar-refractivity contribution in [2.24, 2.45) is 0 Å². The normalized spacial score (nSPS) is 10.0. The second kappa shape index (κ2) is 5.35. The molecule has 1 aromatic carbocycles. The fourth-order valence-electron chi connectivity index (χ4n) is 1.14. The number of nitrogens with one attached hydrogen (secondary N) is 2. The first kappa shape index (κ1) is 12.2. The van der Waals surface area contributed by atoms with Crippen LogP contribution in [0.15, 0.2) is 35.1 Å². The molecule has 88 valence electrons. The third kappa shape index (κ3) is 3.33. The van der Waals surface area contributed by atoms with Crippen LogP contribution in [0.4, 0.5) is 11.5 Å². The van der Waals surface area contributed by atoms with Crippen molar-refractivity contribution in [3.05, 3.63) is 40.6 Å². The molecule has 0 fully saturated rings. The maximum absolute atomic E-state index is 5.98. The molecule has 0 atom stereocenters. The molecule has 0 radical (unpaired) electrons. The van der Waals surface area contributed by atoms with Crippen molar-refractivity contribution >= 4 is 52.0 Å². The van der Waals surface area contributed by atoms with E-state index in [-0.39, 0.29) is 0 Å². The van der Waals surface area contributed by atoms with Gasteiger partial charge in [0, 0.05) is 11.1 Å². The first-order valence-electron chi connectivity index (χ1n) is 4.58. The molecule has 0 saturated heterocycles. The summed E-state index contributed by atoms with van der Waals surface area (Å²) in [7, 11) is 0. The Kier molecular flexibility index (Phi) is 3.83. The highest BCUT2D eigenvalue weighted by atomic mass is 35.5. The van der Waals surface area contributed by atoms with Gasteiger partial charge in [0.1, 0.15) is 6.26 Å². The smallest absolute Gasteiger partial charge is 0.176 e. The fraction of sp³-hybridized carbons (Fsp3) is 0. The molecule has 0 aliphatic heterocycles. The summed E-state index contributed by atoms with van der Waals surface area (Å²) in [5.74, 6) is 0.514. The summed E-state index contributed by atoms with van der Waals surface area (Å²) in [6.45, 7) is 0. The molecule has 0 saturated carbocycles. The van der Waals surface area contributed by atoms with Crippen molar-refractivity contribution in [1.82, 2.24) is 5.16 Å².